The number of carbonyl (C=O) groups excluding carboxylic acids is 2. The van der Waals surface area contributed by atoms with Crippen LogP contribution in [0.2, 0.25) is 0 Å². The molecule has 0 unspecified atom stereocenters. The van der Waals surface area contributed by atoms with E-state index >= 15 is 0 Å². The van der Waals surface area contributed by atoms with Gasteiger partial charge in [0.25, 0.3) is 5.91 Å². The van der Waals surface area contributed by atoms with Gasteiger partial charge in [0.2, 0.25) is 5.91 Å². The van der Waals surface area contributed by atoms with Gasteiger partial charge in [-0.3, -0.25) is 14.5 Å². The van der Waals surface area contributed by atoms with Gasteiger partial charge in [-0.15, -0.1) is 0 Å². The molecule has 0 aliphatic carbocycles. The maximum absolute atomic E-state index is 13.0. The van der Waals surface area contributed by atoms with Crippen molar-refractivity contribution >= 4 is 11.8 Å². The number of unbranched alkanes of at least 4 members (excludes halogenated alkanes) is 2. The van der Waals surface area contributed by atoms with Gasteiger partial charge < -0.3 is 20.5 Å². The van der Waals surface area contributed by atoms with Crippen molar-refractivity contribution in [1.82, 2.24) is 15.5 Å². The summed E-state index contributed by atoms with van der Waals surface area (Å²) in [5, 5.41) is 15.0. The third-order valence-corrected chi connectivity index (χ3v) is 5.67. The molecule has 1 aliphatic heterocycles. The maximum Gasteiger partial charge on any atom is 0.251 e. The molecule has 0 spiro atoms. The second kappa shape index (κ2) is 14.9. The zero-order valence-electron chi connectivity index (χ0n) is 19.8. The van der Waals surface area contributed by atoms with Crippen LogP contribution in [0, 0.1) is 5.92 Å². The molecule has 1 aromatic rings. The lowest BCUT2D eigenvalue weighted by atomic mass is 10.0. The summed E-state index contributed by atoms with van der Waals surface area (Å²) >= 11 is 0. The molecule has 0 bridgehead atoms. The molecule has 0 aromatic heterocycles. The van der Waals surface area contributed by atoms with Crippen molar-refractivity contribution in [3.63, 3.8) is 0 Å². The normalized spacial score (nSPS) is 16.2. The smallest absolute Gasteiger partial charge is 0.251 e. The number of aliphatic hydroxyl groups is 1. The molecule has 7 nitrogen and oxygen atoms in total. The minimum absolute atomic E-state index is 0.0290. The van der Waals surface area contributed by atoms with Crippen molar-refractivity contribution in [2.75, 3.05) is 39.4 Å². The van der Waals surface area contributed by atoms with Gasteiger partial charge in [-0.2, -0.15) is 0 Å². The molecule has 3 N–H and O–H groups in total. The number of ether oxygens (including phenoxy) is 1. The topological polar surface area (TPSA) is 90.9 Å². The van der Waals surface area contributed by atoms with Crippen LogP contribution in [0.25, 0.3) is 0 Å². The lowest BCUT2D eigenvalue weighted by molar-refractivity contribution is -0.122. The van der Waals surface area contributed by atoms with Crippen molar-refractivity contribution in [3.8, 4) is 5.75 Å². The summed E-state index contributed by atoms with van der Waals surface area (Å²) < 4.78 is 6.11. The highest BCUT2D eigenvalue weighted by molar-refractivity contribution is 5.96. The van der Waals surface area contributed by atoms with Crippen molar-refractivity contribution < 1.29 is 19.4 Å². The fraction of sp³-hybridized carbons (Fsp3) is 0.680. The second-order valence-corrected chi connectivity index (χ2v) is 8.97. The molecule has 0 fully saturated rings. The molecule has 0 saturated carbocycles. The van der Waals surface area contributed by atoms with Crippen LogP contribution in [0.1, 0.15) is 74.7 Å². The van der Waals surface area contributed by atoms with Crippen LogP contribution in [0.5, 0.6) is 5.75 Å². The van der Waals surface area contributed by atoms with Gasteiger partial charge in [0.15, 0.2) is 0 Å². The monoisotopic (exact) mass is 447 g/mol. The summed E-state index contributed by atoms with van der Waals surface area (Å²) in [5.74, 6) is 1.16. The summed E-state index contributed by atoms with van der Waals surface area (Å²) in [6.07, 6.45) is 6.27. The average molecular weight is 448 g/mol. The standard InChI is InChI=1S/C25H41N3O4/c1-20(2)12-15-28-18-22-21(25(31)27-14-5-3-7-16-29)10-9-11-23(22)32-17-8-4-6-13-26-24(30)19-28/h9-11,20,29H,3-8,12-19H2,1-2H3,(H,26,30)(H,27,31). The number of nitrogens with one attached hydrogen (secondary N) is 2. The Bertz CT molecular complexity index is 708. The predicted molar refractivity (Wildman–Crippen MR) is 127 cm³/mol. The lowest BCUT2D eigenvalue weighted by Gasteiger charge is -2.25. The van der Waals surface area contributed by atoms with Gasteiger partial charge in [0, 0.05) is 37.4 Å². The Kier molecular flexibility index (Phi) is 12.1. The fourth-order valence-corrected chi connectivity index (χ4v) is 3.74. The van der Waals surface area contributed by atoms with E-state index < -0.39 is 0 Å². The molecule has 2 rings (SSSR count). The molecule has 0 atom stereocenters. The minimum atomic E-state index is -0.118. The van der Waals surface area contributed by atoms with Crippen LogP contribution in [0.4, 0.5) is 0 Å². The summed E-state index contributed by atoms with van der Waals surface area (Å²) in [7, 11) is 0. The summed E-state index contributed by atoms with van der Waals surface area (Å²) in [6.45, 7) is 7.96. The maximum atomic E-state index is 13.0. The van der Waals surface area contributed by atoms with Crippen molar-refractivity contribution in [2.24, 2.45) is 5.92 Å². The van der Waals surface area contributed by atoms with E-state index in [-0.39, 0.29) is 18.4 Å². The first-order valence-electron chi connectivity index (χ1n) is 12.1. The van der Waals surface area contributed by atoms with Crippen LogP contribution in [-0.2, 0) is 11.3 Å². The summed E-state index contributed by atoms with van der Waals surface area (Å²) in [5.41, 5.74) is 1.45. The van der Waals surface area contributed by atoms with Crippen LogP contribution in [0.3, 0.4) is 0 Å². The Morgan fingerprint density at radius 3 is 2.81 bits per heavy atom. The zero-order valence-corrected chi connectivity index (χ0v) is 19.8. The first-order valence-corrected chi connectivity index (χ1v) is 12.1. The van der Waals surface area contributed by atoms with Gasteiger partial charge >= 0.3 is 0 Å². The van der Waals surface area contributed by atoms with Gasteiger partial charge in [-0.1, -0.05) is 19.9 Å². The van der Waals surface area contributed by atoms with E-state index in [9.17, 15) is 9.59 Å². The van der Waals surface area contributed by atoms with Gasteiger partial charge in [-0.25, -0.2) is 0 Å². The van der Waals surface area contributed by atoms with Gasteiger partial charge in [0.05, 0.1) is 13.2 Å². The summed E-state index contributed by atoms with van der Waals surface area (Å²) in [6, 6.07) is 5.63. The third kappa shape index (κ3) is 9.57. The fourth-order valence-electron chi connectivity index (χ4n) is 3.74. The van der Waals surface area contributed by atoms with Crippen molar-refractivity contribution in [3.05, 3.63) is 29.3 Å². The van der Waals surface area contributed by atoms with E-state index in [4.69, 9.17) is 9.84 Å². The minimum Gasteiger partial charge on any atom is -0.493 e. The Labute approximate surface area is 192 Å². The number of amides is 2. The van der Waals surface area contributed by atoms with E-state index in [1.807, 2.05) is 18.2 Å². The lowest BCUT2D eigenvalue weighted by Crippen LogP contribution is -2.38. The molecule has 0 radical (unpaired) electrons. The molecule has 0 saturated heterocycles. The zero-order chi connectivity index (χ0) is 23.2. The number of hydrogen-bond acceptors (Lipinski definition) is 5. The number of rotatable bonds is 9. The number of aliphatic hydroxyl groups excluding tert-OH is 1. The van der Waals surface area contributed by atoms with Gasteiger partial charge in [0.1, 0.15) is 5.75 Å². The van der Waals surface area contributed by atoms with E-state index in [1.54, 1.807) is 0 Å². The number of hydrogen-bond donors (Lipinski definition) is 3. The van der Waals surface area contributed by atoms with Crippen LogP contribution in [-0.4, -0.2) is 61.2 Å². The van der Waals surface area contributed by atoms with E-state index in [1.165, 1.54) is 0 Å². The van der Waals surface area contributed by atoms with Gasteiger partial charge in [-0.05, 0) is 69.5 Å². The number of carbonyl (C=O) groups is 2. The molecular formula is C25H41N3O4. The van der Waals surface area contributed by atoms with Crippen LogP contribution in [0.15, 0.2) is 18.2 Å². The molecule has 1 aromatic carbocycles. The molecule has 2 amide bonds. The highest BCUT2D eigenvalue weighted by Crippen LogP contribution is 2.25. The van der Waals surface area contributed by atoms with E-state index in [2.05, 4.69) is 29.4 Å². The third-order valence-electron chi connectivity index (χ3n) is 5.67. The van der Waals surface area contributed by atoms with E-state index in [0.29, 0.717) is 44.3 Å². The van der Waals surface area contributed by atoms with Crippen molar-refractivity contribution in [1.29, 1.82) is 0 Å². The Morgan fingerprint density at radius 2 is 2.03 bits per heavy atom. The first-order chi connectivity index (χ1) is 15.5. The molecular weight excluding hydrogens is 406 g/mol. The van der Waals surface area contributed by atoms with E-state index in [0.717, 1.165) is 62.8 Å². The molecule has 1 heterocycles. The average Bonchev–Trinajstić information content (AvgIpc) is 2.78. The molecule has 32 heavy (non-hydrogen) atoms. The largest absolute Gasteiger partial charge is 0.493 e. The Hall–Kier alpha value is -2.12. The molecule has 1 aliphatic rings. The number of benzene rings is 1. The highest BCUT2D eigenvalue weighted by Gasteiger charge is 2.20. The Morgan fingerprint density at radius 1 is 1.19 bits per heavy atom. The highest BCUT2D eigenvalue weighted by atomic mass is 16.5. The Balaban J connectivity index is 2.23. The summed E-state index contributed by atoms with van der Waals surface area (Å²) in [4.78, 5) is 27.6. The predicted octanol–water partition coefficient (Wildman–Crippen LogP) is 3.11. The second-order valence-electron chi connectivity index (χ2n) is 8.97. The SMILES string of the molecule is CC(C)CCN1CC(=O)NCCCCCOc2cccc(C(=O)NCCCCCO)c2C1. The van der Waals surface area contributed by atoms with Crippen LogP contribution >= 0.6 is 0 Å². The van der Waals surface area contributed by atoms with Crippen LogP contribution < -0.4 is 15.4 Å². The quantitative estimate of drug-likeness (QED) is 0.506. The molecule has 7 heteroatoms. The van der Waals surface area contributed by atoms with Crippen molar-refractivity contribution in [2.45, 2.75) is 65.3 Å². The number of fused-ring (bicyclic) bond motifs is 1. The number of nitrogens with zero attached hydrogens (tertiary/aromatic N) is 1. The molecule has 180 valence electrons. The first kappa shape index (κ1) is 26.1.